The topological polar surface area (TPSA) is 41.5 Å². The molecule has 1 unspecified atom stereocenters. The van der Waals surface area contributed by atoms with E-state index in [2.05, 4.69) is 5.32 Å². The molecule has 0 aliphatic heterocycles. The van der Waals surface area contributed by atoms with Gasteiger partial charge >= 0.3 is 0 Å². The summed E-state index contributed by atoms with van der Waals surface area (Å²) in [6, 6.07) is 13.3. The van der Waals surface area contributed by atoms with Gasteiger partial charge in [-0.15, -0.1) is 0 Å². The number of hydrogen-bond donors (Lipinski definition) is 2. The predicted molar refractivity (Wildman–Crippen MR) is 81.4 cm³/mol. The van der Waals surface area contributed by atoms with E-state index in [1.54, 1.807) is 13.2 Å². The Kier molecular flexibility index (Phi) is 4.88. The Morgan fingerprint density at radius 2 is 1.95 bits per heavy atom. The summed E-state index contributed by atoms with van der Waals surface area (Å²) in [4.78, 5) is 0. The SMILES string of the molecule is COc1cccc(CNC(C)c2ccccc2Cl)c1O. The Balaban J connectivity index is 2.08. The standard InChI is InChI=1S/C16H18ClNO2/c1-11(13-7-3-4-8-14(13)17)18-10-12-6-5-9-15(20-2)16(12)19/h3-9,11,18-19H,10H2,1-2H3. The van der Waals surface area contributed by atoms with Gasteiger partial charge in [-0.1, -0.05) is 41.9 Å². The van der Waals surface area contributed by atoms with Gasteiger partial charge in [-0.2, -0.15) is 0 Å². The van der Waals surface area contributed by atoms with Crippen LogP contribution in [0.2, 0.25) is 5.02 Å². The van der Waals surface area contributed by atoms with Crippen LogP contribution in [0, 0.1) is 0 Å². The fourth-order valence-corrected chi connectivity index (χ4v) is 2.37. The van der Waals surface area contributed by atoms with E-state index in [1.165, 1.54) is 0 Å². The highest BCUT2D eigenvalue weighted by Crippen LogP contribution is 2.30. The van der Waals surface area contributed by atoms with Crippen molar-refractivity contribution in [2.75, 3.05) is 7.11 Å². The number of hydrogen-bond acceptors (Lipinski definition) is 3. The second-order valence-corrected chi connectivity index (χ2v) is 5.00. The van der Waals surface area contributed by atoms with E-state index in [-0.39, 0.29) is 11.8 Å². The van der Waals surface area contributed by atoms with E-state index in [4.69, 9.17) is 16.3 Å². The number of ether oxygens (including phenoxy) is 1. The number of rotatable bonds is 5. The highest BCUT2D eigenvalue weighted by atomic mass is 35.5. The summed E-state index contributed by atoms with van der Waals surface area (Å²) in [6.07, 6.45) is 0. The maximum atomic E-state index is 10.0. The van der Waals surface area contributed by atoms with Crippen molar-refractivity contribution in [3.63, 3.8) is 0 Å². The average Bonchev–Trinajstić information content (AvgIpc) is 2.46. The number of phenolic OH excluding ortho intramolecular Hbond substituents is 1. The van der Waals surface area contributed by atoms with Crippen molar-refractivity contribution in [2.24, 2.45) is 0 Å². The van der Waals surface area contributed by atoms with Crippen LogP contribution in [0.3, 0.4) is 0 Å². The molecule has 0 fully saturated rings. The third-order valence-corrected chi connectivity index (χ3v) is 3.62. The van der Waals surface area contributed by atoms with Crippen LogP contribution in [-0.2, 0) is 6.54 Å². The highest BCUT2D eigenvalue weighted by molar-refractivity contribution is 6.31. The normalized spacial score (nSPS) is 12.2. The van der Waals surface area contributed by atoms with Crippen LogP contribution >= 0.6 is 11.6 Å². The number of para-hydroxylation sites is 1. The quantitative estimate of drug-likeness (QED) is 0.878. The van der Waals surface area contributed by atoms with Crippen molar-refractivity contribution in [2.45, 2.75) is 19.5 Å². The van der Waals surface area contributed by atoms with Gasteiger partial charge in [-0.05, 0) is 24.6 Å². The summed E-state index contributed by atoms with van der Waals surface area (Å²) < 4.78 is 5.10. The fourth-order valence-electron chi connectivity index (χ4n) is 2.07. The number of aromatic hydroxyl groups is 1. The average molecular weight is 292 g/mol. The Hall–Kier alpha value is -1.71. The lowest BCUT2D eigenvalue weighted by Crippen LogP contribution is -2.18. The first-order chi connectivity index (χ1) is 9.63. The fraction of sp³-hybridized carbons (Fsp3) is 0.250. The van der Waals surface area contributed by atoms with E-state index < -0.39 is 0 Å². The van der Waals surface area contributed by atoms with Gasteiger partial charge in [0.05, 0.1) is 7.11 Å². The molecule has 3 nitrogen and oxygen atoms in total. The van der Waals surface area contributed by atoms with Gasteiger partial charge in [0.25, 0.3) is 0 Å². The van der Waals surface area contributed by atoms with E-state index in [0.717, 1.165) is 16.1 Å². The van der Waals surface area contributed by atoms with Gasteiger partial charge in [-0.25, -0.2) is 0 Å². The van der Waals surface area contributed by atoms with Crippen molar-refractivity contribution < 1.29 is 9.84 Å². The molecular formula is C16H18ClNO2. The molecule has 0 saturated carbocycles. The second kappa shape index (κ2) is 6.64. The molecule has 0 saturated heterocycles. The molecule has 0 aliphatic carbocycles. The lowest BCUT2D eigenvalue weighted by atomic mass is 10.1. The van der Waals surface area contributed by atoms with Gasteiger partial charge in [0.2, 0.25) is 0 Å². The predicted octanol–water partition coefficient (Wildman–Crippen LogP) is 3.91. The molecule has 20 heavy (non-hydrogen) atoms. The van der Waals surface area contributed by atoms with Gasteiger partial charge in [0, 0.05) is 23.2 Å². The number of benzene rings is 2. The zero-order chi connectivity index (χ0) is 14.5. The van der Waals surface area contributed by atoms with Crippen LogP contribution in [0.15, 0.2) is 42.5 Å². The molecule has 0 bridgehead atoms. The zero-order valence-electron chi connectivity index (χ0n) is 11.6. The lowest BCUT2D eigenvalue weighted by molar-refractivity contribution is 0.369. The molecule has 0 aromatic heterocycles. The van der Waals surface area contributed by atoms with E-state index in [0.29, 0.717) is 12.3 Å². The van der Waals surface area contributed by atoms with Crippen LogP contribution in [0.25, 0.3) is 0 Å². The maximum absolute atomic E-state index is 10.0. The first-order valence-corrected chi connectivity index (χ1v) is 6.84. The van der Waals surface area contributed by atoms with Crippen LogP contribution in [0.5, 0.6) is 11.5 Å². The Bertz CT molecular complexity index is 586. The van der Waals surface area contributed by atoms with Gasteiger partial charge in [0.15, 0.2) is 11.5 Å². The first kappa shape index (κ1) is 14.7. The Labute approximate surface area is 124 Å². The van der Waals surface area contributed by atoms with Crippen molar-refractivity contribution in [1.29, 1.82) is 0 Å². The third-order valence-electron chi connectivity index (χ3n) is 3.27. The molecule has 2 rings (SSSR count). The summed E-state index contributed by atoms with van der Waals surface area (Å²) >= 11 is 6.17. The van der Waals surface area contributed by atoms with Crippen molar-refractivity contribution in [1.82, 2.24) is 5.32 Å². The van der Waals surface area contributed by atoms with Gasteiger partial charge in [0.1, 0.15) is 0 Å². The first-order valence-electron chi connectivity index (χ1n) is 6.46. The molecule has 0 aliphatic rings. The summed E-state index contributed by atoms with van der Waals surface area (Å²) in [5.41, 5.74) is 1.83. The van der Waals surface area contributed by atoms with E-state index >= 15 is 0 Å². The monoisotopic (exact) mass is 291 g/mol. The number of phenols is 1. The maximum Gasteiger partial charge on any atom is 0.162 e. The number of nitrogens with one attached hydrogen (secondary N) is 1. The third kappa shape index (κ3) is 3.24. The van der Waals surface area contributed by atoms with Crippen molar-refractivity contribution >= 4 is 11.6 Å². The zero-order valence-corrected chi connectivity index (χ0v) is 12.3. The molecule has 1 atom stereocenters. The van der Waals surface area contributed by atoms with E-state index in [1.807, 2.05) is 43.3 Å². The van der Waals surface area contributed by atoms with Crippen LogP contribution in [-0.4, -0.2) is 12.2 Å². The molecule has 2 aromatic rings. The van der Waals surface area contributed by atoms with Crippen molar-refractivity contribution in [3.05, 3.63) is 58.6 Å². The molecule has 4 heteroatoms. The second-order valence-electron chi connectivity index (χ2n) is 4.59. The Morgan fingerprint density at radius 1 is 1.20 bits per heavy atom. The largest absolute Gasteiger partial charge is 0.504 e. The van der Waals surface area contributed by atoms with Crippen LogP contribution in [0.1, 0.15) is 24.1 Å². The van der Waals surface area contributed by atoms with E-state index in [9.17, 15) is 5.11 Å². The summed E-state index contributed by atoms with van der Waals surface area (Å²) in [5.74, 6) is 0.656. The molecule has 0 heterocycles. The number of methoxy groups -OCH3 is 1. The molecule has 0 radical (unpaired) electrons. The highest BCUT2D eigenvalue weighted by Gasteiger charge is 2.11. The smallest absolute Gasteiger partial charge is 0.162 e. The molecule has 2 N–H and O–H groups in total. The lowest BCUT2D eigenvalue weighted by Gasteiger charge is -2.16. The summed E-state index contributed by atoms with van der Waals surface area (Å²) in [7, 11) is 1.54. The van der Waals surface area contributed by atoms with Crippen molar-refractivity contribution in [3.8, 4) is 11.5 Å². The summed E-state index contributed by atoms with van der Waals surface area (Å²) in [6.45, 7) is 2.58. The minimum Gasteiger partial charge on any atom is -0.504 e. The van der Waals surface area contributed by atoms with Crippen LogP contribution < -0.4 is 10.1 Å². The summed E-state index contributed by atoms with van der Waals surface area (Å²) in [5, 5.41) is 14.1. The number of halogens is 1. The molecule has 0 spiro atoms. The minimum atomic E-state index is 0.0919. The molecular weight excluding hydrogens is 274 g/mol. The molecule has 0 amide bonds. The Morgan fingerprint density at radius 3 is 2.65 bits per heavy atom. The van der Waals surface area contributed by atoms with Gasteiger partial charge < -0.3 is 15.2 Å². The van der Waals surface area contributed by atoms with Crippen LogP contribution in [0.4, 0.5) is 0 Å². The minimum absolute atomic E-state index is 0.0919. The molecule has 2 aromatic carbocycles. The molecule has 106 valence electrons. The van der Waals surface area contributed by atoms with Gasteiger partial charge in [-0.3, -0.25) is 0 Å².